The van der Waals surface area contributed by atoms with Gasteiger partial charge in [0.05, 0.1) is 16.7 Å². The smallest absolute Gasteiger partial charge is 0.368 e. The molecule has 0 aliphatic heterocycles. The van der Waals surface area contributed by atoms with Gasteiger partial charge in [-0.2, -0.15) is 22.9 Å². The lowest BCUT2D eigenvalue weighted by Crippen LogP contribution is -2.24. The Balaban J connectivity index is 2.46. The number of hydrogen-bond acceptors (Lipinski definition) is 6. The molecule has 0 aliphatic carbocycles. The fourth-order valence-electron chi connectivity index (χ4n) is 1.64. The number of nitrogens with zero attached hydrogens (tertiary/aromatic N) is 4. The first kappa shape index (κ1) is 16.1. The molecule has 2 aromatic rings. The summed E-state index contributed by atoms with van der Waals surface area (Å²) in [4.78, 5) is 24.9. The summed E-state index contributed by atoms with van der Waals surface area (Å²) in [6.07, 6.45) is -3.89. The van der Waals surface area contributed by atoms with Crippen LogP contribution in [0.3, 0.4) is 0 Å². The van der Waals surface area contributed by atoms with E-state index in [0.29, 0.717) is 4.68 Å². The summed E-state index contributed by atoms with van der Waals surface area (Å²) in [5.41, 5.74) is 2.43. The average molecular weight is 327 g/mol. The highest BCUT2D eigenvalue weighted by Crippen LogP contribution is 2.26. The molecule has 1 aromatic carbocycles. The number of nitro groups is 1. The van der Waals surface area contributed by atoms with Crippen molar-refractivity contribution >= 4 is 17.9 Å². The lowest BCUT2D eigenvalue weighted by Gasteiger charge is -2.07. The van der Waals surface area contributed by atoms with Crippen LogP contribution in [0.5, 0.6) is 0 Å². The summed E-state index contributed by atoms with van der Waals surface area (Å²) in [5.74, 6) is -0.792. The maximum absolute atomic E-state index is 12.5. The van der Waals surface area contributed by atoms with E-state index in [1.165, 1.54) is 24.3 Å². The maximum atomic E-state index is 12.5. The number of nitrogen functional groups attached to an aromatic ring is 1. The van der Waals surface area contributed by atoms with Crippen molar-refractivity contribution in [3.05, 3.63) is 62.1 Å². The zero-order valence-corrected chi connectivity index (χ0v) is 11.2. The number of para-hydroxylation sites is 1. The van der Waals surface area contributed by atoms with Crippen LogP contribution in [-0.2, 0) is 6.18 Å². The largest absolute Gasteiger partial charge is 0.433 e. The summed E-state index contributed by atoms with van der Waals surface area (Å²) < 4.78 is 37.9. The fraction of sp³-hybridized carbons (Fsp3) is 0.0833. The monoisotopic (exact) mass is 327 g/mol. The Hall–Kier alpha value is -3.24. The van der Waals surface area contributed by atoms with E-state index in [1.54, 1.807) is 0 Å². The van der Waals surface area contributed by atoms with Crippen LogP contribution in [0.4, 0.5) is 24.8 Å². The van der Waals surface area contributed by atoms with Gasteiger partial charge in [-0.3, -0.25) is 14.9 Å². The summed E-state index contributed by atoms with van der Waals surface area (Å²) in [6.45, 7) is 0. The zero-order valence-electron chi connectivity index (χ0n) is 11.2. The summed E-state index contributed by atoms with van der Waals surface area (Å²) in [7, 11) is 0. The average Bonchev–Trinajstić information content (AvgIpc) is 2.45. The van der Waals surface area contributed by atoms with Crippen molar-refractivity contribution < 1.29 is 18.1 Å². The van der Waals surface area contributed by atoms with Gasteiger partial charge in [0.25, 0.3) is 11.2 Å². The molecule has 2 N–H and O–H groups in total. The number of benzene rings is 1. The van der Waals surface area contributed by atoms with Crippen LogP contribution in [0, 0.1) is 10.1 Å². The molecular formula is C12H8F3N5O3. The lowest BCUT2D eigenvalue weighted by molar-refractivity contribution is -0.385. The molecule has 0 fully saturated rings. The third-order valence-electron chi connectivity index (χ3n) is 2.66. The molecule has 23 heavy (non-hydrogen) atoms. The van der Waals surface area contributed by atoms with Gasteiger partial charge >= 0.3 is 6.18 Å². The van der Waals surface area contributed by atoms with Crippen molar-refractivity contribution in [3.8, 4) is 0 Å². The number of nitrogens with two attached hydrogens (primary N) is 1. The fourth-order valence-corrected chi connectivity index (χ4v) is 1.64. The van der Waals surface area contributed by atoms with Gasteiger partial charge in [-0.15, -0.1) is 0 Å². The Bertz CT molecular complexity index is 845. The first-order valence-electron chi connectivity index (χ1n) is 5.94. The van der Waals surface area contributed by atoms with E-state index in [4.69, 9.17) is 5.73 Å². The van der Waals surface area contributed by atoms with Gasteiger partial charge in [0.1, 0.15) is 0 Å². The molecule has 0 atom stereocenters. The standard InChI is InChI=1S/C12H8F3N5O3/c13-12(14,15)9-5-10(21)19(11(16)18-9)17-6-7-3-1-2-4-8(7)20(22)23/h1-6H,(H2,16,18). The molecule has 2 rings (SSSR count). The SMILES string of the molecule is Nc1nc(C(F)(F)F)cc(=O)n1N=Cc1ccccc1[N+](=O)[O-]. The molecule has 0 radical (unpaired) electrons. The molecule has 120 valence electrons. The van der Waals surface area contributed by atoms with Crippen molar-refractivity contribution in [1.29, 1.82) is 0 Å². The number of anilines is 1. The van der Waals surface area contributed by atoms with Crippen LogP contribution in [0.25, 0.3) is 0 Å². The molecule has 8 nitrogen and oxygen atoms in total. The van der Waals surface area contributed by atoms with Gasteiger partial charge in [-0.25, -0.2) is 4.98 Å². The van der Waals surface area contributed by atoms with Crippen LogP contribution < -0.4 is 11.3 Å². The van der Waals surface area contributed by atoms with Gasteiger partial charge in [-0.05, 0) is 6.07 Å². The maximum Gasteiger partial charge on any atom is 0.433 e. The second-order valence-electron chi connectivity index (χ2n) is 4.21. The minimum atomic E-state index is -4.83. The molecule has 0 unspecified atom stereocenters. The Morgan fingerprint density at radius 2 is 2.00 bits per heavy atom. The number of nitro benzene ring substituents is 1. The number of halogens is 3. The minimum absolute atomic E-state index is 0.0451. The van der Waals surface area contributed by atoms with Crippen LogP contribution in [-0.4, -0.2) is 20.8 Å². The molecule has 0 bridgehead atoms. The van der Waals surface area contributed by atoms with E-state index in [9.17, 15) is 28.1 Å². The Labute approximate surface area is 125 Å². The highest BCUT2D eigenvalue weighted by atomic mass is 19.4. The third kappa shape index (κ3) is 3.51. The van der Waals surface area contributed by atoms with E-state index in [0.717, 1.165) is 6.21 Å². The Kier molecular flexibility index (Phi) is 4.12. The summed E-state index contributed by atoms with van der Waals surface area (Å²) >= 11 is 0. The molecule has 11 heteroatoms. The third-order valence-corrected chi connectivity index (χ3v) is 2.66. The van der Waals surface area contributed by atoms with Crippen molar-refractivity contribution in [2.75, 3.05) is 5.73 Å². The molecule has 1 aromatic heterocycles. The van der Waals surface area contributed by atoms with Gasteiger partial charge in [0, 0.05) is 12.1 Å². The van der Waals surface area contributed by atoms with Crippen molar-refractivity contribution in [2.45, 2.75) is 6.18 Å². The van der Waals surface area contributed by atoms with E-state index in [-0.39, 0.29) is 17.3 Å². The molecule has 1 heterocycles. The van der Waals surface area contributed by atoms with Crippen LogP contribution in [0.1, 0.15) is 11.3 Å². The van der Waals surface area contributed by atoms with Gasteiger partial charge < -0.3 is 5.73 Å². The van der Waals surface area contributed by atoms with Gasteiger partial charge in [-0.1, -0.05) is 12.1 Å². The first-order valence-corrected chi connectivity index (χ1v) is 5.94. The predicted molar refractivity (Wildman–Crippen MR) is 74.0 cm³/mol. The highest BCUT2D eigenvalue weighted by molar-refractivity contribution is 5.85. The number of aromatic nitrogens is 2. The number of alkyl halides is 3. The summed E-state index contributed by atoms with van der Waals surface area (Å²) in [6, 6.07) is 5.70. The predicted octanol–water partition coefficient (Wildman–Crippen LogP) is 1.63. The summed E-state index contributed by atoms with van der Waals surface area (Å²) in [5, 5.41) is 14.4. The Morgan fingerprint density at radius 1 is 1.35 bits per heavy atom. The molecule has 0 saturated heterocycles. The Morgan fingerprint density at radius 3 is 2.57 bits per heavy atom. The molecule has 0 spiro atoms. The van der Waals surface area contributed by atoms with Gasteiger partial charge in [0.15, 0.2) is 5.69 Å². The number of hydrogen-bond donors (Lipinski definition) is 1. The van der Waals surface area contributed by atoms with E-state index in [1.807, 2.05) is 0 Å². The van der Waals surface area contributed by atoms with Gasteiger partial charge in [0.2, 0.25) is 5.95 Å². The van der Waals surface area contributed by atoms with E-state index in [2.05, 4.69) is 10.1 Å². The molecule has 0 aliphatic rings. The quantitative estimate of drug-likeness (QED) is 0.522. The van der Waals surface area contributed by atoms with Crippen molar-refractivity contribution in [1.82, 2.24) is 9.66 Å². The minimum Gasteiger partial charge on any atom is -0.368 e. The zero-order chi connectivity index (χ0) is 17.2. The lowest BCUT2D eigenvalue weighted by atomic mass is 10.2. The molecule has 0 amide bonds. The topological polar surface area (TPSA) is 116 Å². The van der Waals surface area contributed by atoms with Crippen LogP contribution >= 0.6 is 0 Å². The molecular weight excluding hydrogens is 319 g/mol. The second-order valence-corrected chi connectivity index (χ2v) is 4.21. The molecule has 0 saturated carbocycles. The first-order chi connectivity index (χ1) is 10.7. The second kappa shape index (κ2) is 5.87. The van der Waals surface area contributed by atoms with E-state index >= 15 is 0 Å². The highest BCUT2D eigenvalue weighted by Gasteiger charge is 2.33. The van der Waals surface area contributed by atoms with Crippen LogP contribution in [0.15, 0.2) is 40.2 Å². The number of rotatable bonds is 3. The van der Waals surface area contributed by atoms with E-state index < -0.39 is 28.3 Å². The van der Waals surface area contributed by atoms with Crippen molar-refractivity contribution in [2.24, 2.45) is 5.10 Å². The normalized spacial score (nSPS) is 11.8. The van der Waals surface area contributed by atoms with Crippen molar-refractivity contribution in [3.63, 3.8) is 0 Å². The van der Waals surface area contributed by atoms with Crippen LogP contribution in [0.2, 0.25) is 0 Å².